The number of hydrogen-bond acceptors (Lipinski definition) is 5. The Hall–Kier alpha value is -5.42. The van der Waals surface area contributed by atoms with Crippen LogP contribution in [-0.2, 0) is 38.4 Å². The molecular formula is C36H40N6O5. The Bertz CT molecular complexity index is 1860. The van der Waals surface area contributed by atoms with Crippen LogP contribution in [0.3, 0.4) is 0 Å². The number of carbonyl (C=O) groups excluding carboxylic acids is 3. The van der Waals surface area contributed by atoms with E-state index in [1.54, 1.807) is 20.0 Å². The predicted octanol–water partition coefficient (Wildman–Crippen LogP) is 3.20. The molecule has 0 bridgehead atoms. The highest BCUT2D eigenvalue weighted by Crippen LogP contribution is 2.21. The van der Waals surface area contributed by atoms with Gasteiger partial charge in [0.1, 0.15) is 18.1 Å². The van der Waals surface area contributed by atoms with E-state index < -0.39 is 53.8 Å². The quantitative estimate of drug-likeness (QED) is 0.0982. The zero-order valence-electron chi connectivity index (χ0n) is 26.3. The molecule has 2 aromatic heterocycles. The van der Waals surface area contributed by atoms with Crippen LogP contribution in [0.2, 0.25) is 0 Å². The summed E-state index contributed by atoms with van der Waals surface area (Å²) in [6, 6.07) is 20.1. The molecule has 4 atom stereocenters. The standard InChI is InChI=1S/C36H40N6O5/c1-21(2)32(36(46)47)42-35(45)31(18-24-20-39-29-15-9-7-13-26(24)29)41-34(44)30(16-22-10-4-3-5-11-22)40-33(43)27(37)17-23-19-38-28-14-8-6-12-25(23)28/h3-15,19-21,27,30-32,38-39H,16-18,37H2,1-2H3,(H,40,43)(H,41,44)(H,42,45)(H,46,47). The van der Waals surface area contributed by atoms with Crippen LogP contribution in [0.4, 0.5) is 0 Å². The maximum Gasteiger partial charge on any atom is 0.326 e. The minimum atomic E-state index is -1.18. The van der Waals surface area contributed by atoms with Crippen LogP contribution < -0.4 is 21.7 Å². The highest BCUT2D eigenvalue weighted by atomic mass is 16.4. The van der Waals surface area contributed by atoms with Gasteiger partial charge in [0.05, 0.1) is 6.04 Å². The van der Waals surface area contributed by atoms with E-state index in [1.807, 2.05) is 85.1 Å². The van der Waals surface area contributed by atoms with Crippen LogP contribution in [0.15, 0.2) is 91.3 Å². The molecule has 3 amide bonds. The van der Waals surface area contributed by atoms with Crippen molar-refractivity contribution in [3.63, 3.8) is 0 Å². The van der Waals surface area contributed by atoms with Gasteiger partial charge in [-0.1, -0.05) is 80.6 Å². The third-order valence-corrected chi connectivity index (χ3v) is 8.33. The summed E-state index contributed by atoms with van der Waals surface area (Å²) >= 11 is 0. The van der Waals surface area contributed by atoms with Gasteiger partial charge in [-0.2, -0.15) is 0 Å². The van der Waals surface area contributed by atoms with E-state index in [1.165, 1.54) is 0 Å². The van der Waals surface area contributed by atoms with Crippen molar-refractivity contribution in [1.29, 1.82) is 0 Å². The number of fused-ring (bicyclic) bond motifs is 2. The maximum atomic E-state index is 14.0. The molecule has 0 saturated carbocycles. The molecule has 0 fully saturated rings. The Labute approximate surface area is 272 Å². The molecule has 244 valence electrons. The second kappa shape index (κ2) is 14.8. The van der Waals surface area contributed by atoms with Crippen molar-refractivity contribution >= 4 is 45.5 Å². The van der Waals surface area contributed by atoms with Gasteiger partial charge in [0.15, 0.2) is 0 Å². The molecule has 47 heavy (non-hydrogen) atoms. The second-order valence-corrected chi connectivity index (χ2v) is 12.1. The van der Waals surface area contributed by atoms with Gasteiger partial charge >= 0.3 is 5.97 Å². The van der Waals surface area contributed by atoms with Crippen LogP contribution in [0, 0.1) is 5.92 Å². The third kappa shape index (κ3) is 8.06. The van der Waals surface area contributed by atoms with E-state index >= 15 is 0 Å². The number of carboxylic acids is 1. The summed E-state index contributed by atoms with van der Waals surface area (Å²) in [6.45, 7) is 3.38. The van der Waals surface area contributed by atoms with Crippen molar-refractivity contribution in [2.75, 3.05) is 0 Å². The monoisotopic (exact) mass is 636 g/mol. The fraction of sp³-hybridized carbons (Fsp3) is 0.278. The highest BCUT2D eigenvalue weighted by molar-refractivity contribution is 5.95. The van der Waals surface area contributed by atoms with E-state index in [2.05, 4.69) is 25.9 Å². The average molecular weight is 637 g/mol. The van der Waals surface area contributed by atoms with Crippen LogP contribution in [0.1, 0.15) is 30.5 Å². The number of rotatable bonds is 14. The topological polar surface area (TPSA) is 182 Å². The fourth-order valence-corrected chi connectivity index (χ4v) is 5.74. The number of carboxylic acid groups (broad SMARTS) is 1. The van der Waals surface area contributed by atoms with Gasteiger partial charge in [-0.05, 0) is 41.2 Å². The van der Waals surface area contributed by atoms with Crippen molar-refractivity contribution in [3.05, 3.63) is 108 Å². The summed E-state index contributed by atoms with van der Waals surface area (Å²) in [5.74, 6) is -3.34. The molecule has 0 radical (unpaired) electrons. The number of aromatic nitrogens is 2. The summed E-state index contributed by atoms with van der Waals surface area (Å²) in [6.07, 6.45) is 4.05. The molecule has 5 rings (SSSR count). The average Bonchev–Trinajstić information content (AvgIpc) is 3.67. The van der Waals surface area contributed by atoms with Gasteiger partial charge in [-0.15, -0.1) is 0 Å². The molecule has 8 N–H and O–H groups in total. The zero-order chi connectivity index (χ0) is 33.5. The fourth-order valence-electron chi connectivity index (χ4n) is 5.74. The van der Waals surface area contributed by atoms with E-state index in [4.69, 9.17) is 5.73 Å². The van der Waals surface area contributed by atoms with Crippen LogP contribution in [0.25, 0.3) is 21.8 Å². The first-order valence-electron chi connectivity index (χ1n) is 15.6. The van der Waals surface area contributed by atoms with Crippen molar-refractivity contribution in [1.82, 2.24) is 25.9 Å². The van der Waals surface area contributed by atoms with Crippen LogP contribution in [0.5, 0.6) is 0 Å². The molecule has 0 spiro atoms. The summed E-state index contributed by atoms with van der Waals surface area (Å²) in [4.78, 5) is 59.4. The number of nitrogens with two attached hydrogens (primary N) is 1. The molecule has 11 heteroatoms. The van der Waals surface area contributed by atoms with Gasteiger partial charge < -0.3 is 36.8 Å². The molecule has 3 aromatic carbocycles. The van der Waals surface area contributed by atoms with Crippen molar-refractivity contribution in [2.45, 2.75) is 57.3 Å². The Balaban J connectivity index is 1.38. The van der Waals surface area contributed by atoms with E-state index in [-0.39, 0.29) is 19.3 Å². The lowest BCUT2D eigenvalue weighted by molar-refractivity contribution is -0.143. The molecule has 11 nitrogen and oxygen atoms in total. The molecular weight excluding hydrogens is 596 g/mol. The number of aliphatic carboxylic acids is 1. The lowest BCUT2D eigenvalue weighted by Gasteiger charge is -2.26. The number of amides is 3. The van der Waals surface area contributed by atoms with Crippen molar-refractivity contribution in [2.24, 2.45) is 11.7 Å². The smallest absolute Gasteiger partial charge is 0.326 e. The van der Waals surface area contributed by atoms with E-state index in [9.17, 15) is 24.3 Å². The molecule has 5 aromatic rings. The van der Waals surface area contributed by atoms with Crippen molar-refractivity contribution < 1.29 is 24.3 Å². The van der Waals surface area contributed by atoms with Crippen LogP contribution >= 0.6 is 0 Å². The summed E-state index contributed by atoms with van der Waals surface area (Å²) in [5.41, 5.74) is 10.6. The van der Waals surface area contributed by atoms with Gasteiger partial charge in [-0.25, -0.2) is 4.79 Å². The van der Waals surface area contributed by atoms with E-state index in [0.29, 0.717) is 0 Å². The first-order valence-corrected chi connectivity index (χ1v) is 15.6. The highest BCUT2D eigenvalue weighted by Gasteiger charge is 2.32. The maximum absolute atomic E-state index is 14.0. The normalized spacial score (nSPS) is 14.0. The number of nitrogens with one attached hydrogen (secondary N) is 5. The molecule has 0 aliphatic carbocycles. The van der Waals surface area contributed by atoms with Gasteiger partial charge in [0, 0.05) is 47.0 Å². The zero-order valence-corrected chi connectivity index (χ0v) is 26.3. The minimum Gasteiger partial charge on any atom is -0.480 e. The Morgan fingerprint density at radius 3 is 1.72 bits per heavy atom. The number of benzene rings is 3. The van der Waals surface area contributed by atoms with Gasteiger partial charge in [0.2, 0.25) is 17.7 Å². The number of hydrogen-bond donors (Lipinski definition) is 7. The SMILES string of the molecule is CC(C)C(NC(=O)C(Cc1c[nH]c2ccccc12)NC(=O)C(Cc1ccccc1)NC(=O)C(N)Cc1c[nH]c2ccccc12)C(=O)O. The number of para-hydroxylation sites is 2. The van der Waals surface area contributed by atoms with Gasteiger partial charge in [-0.3, -0.25) is 14.4 Å². The molecule has 4 unspecified atom stereocenters. The molecule has 0 aliphatic rings. The van der Waals surface area contributed by atoms with Crippen LogP contribution in [-0.4, -0.2) is 62.9 Å². The number of carbonyl (C=O) groups is 4. The first kappa shape index (κ1) is 33.0. The summed E-state index contributed by atoms with van der Waals surface area (Å²) in [7, 11) is 0. The Morgan fingerprint density at radius 2 is 1.15 bits per heavy atom. The number of aromatic amines is 2. The lowest BCUT2D eigenvalue weighted by Crippen LogP contribution is -2.58. The lowest BCUT2D eigenvalue weighted by atomic mass is 10.00. The Kier molecular flexibility index (Phi) is 10.4. The second-order valence-electron chi connectivity index (χ2n) is 12.1. The summed E-state index contributed by atoms with van der Waals surface area (Å²) in [5, 5.41) is 19.8. The van der Waals surface area contributed by atoms with Crippen molar-refractivity contribution in [3.8, 4) is 0 Å². The molecule has 0 aliphatic heterocycles. The van der Waals surface area contributed by atoms with E-state index in [0.717, 1.165) is 38.5 Å². The minimum absolute atomic E-state index is 0.0815. The number of H-pyrrole nitrogens is 2. The summed E-state index contributed by atoms with van der Waals surface area (Å²) < 4.78 is 0. The molecule has 2 heterocycles. The first-order chi connectivity index (χ1) is 22.6. The molecule has 0 saturated heterocycles. The van der Waals surface area contributed by atoms with Gasteiger partial charge in [0.25, 0.3) is 0 Å². The predicted molar refractivity (Wildman–Crippen MR) is 180 cm³/mol. The third-order valence-electron chi connectivity index (χ3n) is 8.33. The Morgan fingerprint density at radius 1 is 0.660 bits per heavy atom. The largest absolute Gasteiger partial charge is 0.480 e.